The van der Waals surface area contributed by atoms with Crippen molar-refractivity contribution in [1.29, 1.82) is 0 Å². The van der Waals surface area contributed by atoms with Crippen molar-refractivity contribution in [2.45, 2.75) is 44.7 Å². The SMILES string of the molecule is Cc1ccc([C@H]2NC(=O)N(CC(=O)NC3CCCC3)C3=C2C(=O)OC3)cc1. The van der Waals surface area contributed by atoms with Crippen LogP contribution in [0.5, 0.6) is 0 Å². The predicted octanol–water partition coefficient (Wildman–Crippen LogP) is 1.93. The minimum atomic E-state index is -0.558. The Bertz CT molecular complexity index is 809. The van der Waals surface area contributed by atoms with Gasteiger partial charge in [0.05, 0.1) is 17.3 Å². The Labute approximate surface area is 157 Å². The fourth-order valence-electron chi connectivity index (χ4n) is 3.97. The highest BCUT2D eigenvalue weighted by atomic mass is 16.5. The Morgan fingerprint density at radius 3 is 2.63 bits per heavy atom. The van der Waals surface area contributed by atoms with Crippen molar-refractivity contribution in [3.63, 3.8) is 0 Å². The molecule has 0 saturated heterocycles. The highest BCUT2D eigenvalue weighted by Gasteiger charge is 2.42. The summed E-state index contributed by atoms with van der Waals surface area (Å²) >= 11 is 0. The van der Waals surface area contributed by atoms with Crippen LogP contribution in [-0.2, 0) is 14.3 Å². The molecule has 0 spiro atoms. The summed E-state index contributed by atoms with van der Waals surface area (Å²) in [4.78, 5) is 38.7. The Hall–Kier alpha value is -2.83. The molecule has 1 aromatic rings. The first kappa shape index (κ1) is 17.6. The third-order valence-electron chi connectivity index (χ3n) is 5.43. The van der Waals surface area contributed by atoms with Crippen molar-refractivity contribution in [2.75, 3.05) is 13.2 Å². The average molecular weight is 369 g/mol. The number of rotatable bonds is 4. The molecule has 27 heavy (non-hydrogen) atoms. The summed E-state index contributed by atoms with van der Waals surface area (Å²) in [5.74, 6) is -0.659. The maximum atomic E-state index is 12.7. The van der Waals surface area contributed by atoms with Gasteiger partial charge in [0.1, 0.15) is 13.2 Å². The number of aryl methyl sites for hydroxylation is 1. The number of nitrogens with one attached hydrogen (secondary N) is 2. The maximum Gasteiger partial charge on any atom is 0.338 e. The zero-order valence-electron chi connectivity index (χ0n) is 15.3. The molecule has 1 saturated carbocycles. The van der Waals surface area contributed by atoms with Crippen LogP contribution < -0.4 is 10.6 Å². The van der Waals surface area contributed by atoms with E-state index in [1.165, 1.54) is 4.90 Å². The summed E-state index contributed by atoms with van der Waals surface area (Å²) in [7, 11) is 0. The molecule has 4 rings (SSSR count). The summed E-state index contributed by atoms with van der Waals surface area (Å²) in [5.41, 5.74) is 2.80. The highest BCUT2D eigenvalue weighted by molar-refractivity contribution is 5.98. The largest absolute Gasteiger partial charge is 0.456 e. The van der Waals surface area contributed by atoms with Gasteiger partial charge in [-0.25, -0.2) is 9.59 Å². The number of urea groups is 1. The first-order valence-corrected chi connectivity index (χ1v) is 9.37. The van der Waals surface area contributed by atoms with E-state index in [0.29, 0.717) is 11.3 Å². The Morgan fingerprint density at radius 2 is 1.93 bits per heavy atom. The van der Waals surface area contributed by atoms with Crippen LogP contribution in [0, 0.1) is 6.92 Å². The van der Waals surface area contributed by atoms with Crippen LogP contribution in [0.4, 0.5) is 4.79 Å². The number of carbonyl (C=O) groups excluding carboxylic acids is 3. The molecule has 2 heterocycles. The molecule has 0 aromatic heterocycles. The molecule has 0 radical (unpaired) electrons. The fraction of sp³-hybridized carbons (Fsp3) is 0.450. The maximum absolute atomic E-state index is 12.7. The van der Waals surface area contributed by atoms with E-state index in [1.807, 2.05) is 31.2 Å². The Morgan fingerprint density at radius 1 is 1.22 bits per heavy atom. The van der Waals surface area contributed by atoms with Crippen LogP contribution in [0.1, 0.15) is 42.9 Å². The lowest BCUT2D eigenvalue weighted by molar-refractivity contribution is -0.136. The first-order chi connectivity index (χ1) is 13.0. The predicted molar refractivity (Wildman–Crippen MR) is 97.5 cm³/mol. The zero-order chi connectivity index (χ0) is 19.0. The second kappa shape index (κ2) is 7.06. The number of benzene rings is 1. The molecule has 3 aliphatic rings. The number of amides is 3. The number of cyclic esters (lactones) is 1. The van der Waals surface area contributed by atoms with Crippen molar-refractivity contribution in [2.24, 2.45) is 0 Å². The van der Waals surface area contributed by atoms with Crippen LogP contribution >= 0.6 is 0 Å². The lowest BCUT2D eigenvalue weighted by atomic mass is 9.95. The monoisotopic (exact) mass is 369 g/mol. The van der Waals surface area contributed by atoms with Crippen molar-refractivity contribution >= 4 is 17.9 Å². The summed E-state index contributed by atoms with van der Waals surface area (Å²) in [5, 5.41) is 5.83. The molecule has 1 aromatic carbocycles. The Balaban J connectivity index is 1.57. The molecule has 1 fully saturated rings. The molecule has 1 aliphatic carbocycles. The van der Waals surface area contributed by atoms with Gasteiger partial charge in [-0.15, -0.1) is 0 Å². The Kier molecular flexibility index (Phi) is 4.59. The van der Waals surface area contributed by atoms with Crippen LogP contribution in [0.15, 0.2) is 35.5 Å². The molecule has 2 aliphatic heterocycles. The number of esters is 1. The van der Waals surface area contributed by atoms with Gasteiger partial charge in [0.15, 0.2) is 0 Å². The van der Waals surface area contributed by atoms with E-state index >= 15 is 0 Å². The standard InChI is InChI=1S/C20H23N3O4/c1-12-6-8-13(9-7-12)18-17-15(11-27-19(17)25)23(20(26)22-18)10-16(24)21-14-4-2-3-5-14/h6-9,14,18H,2-5,10-11H2,1H3,(H,21,24)(H,22,26)/t18-/m1/s1. The van der Waals surface area contributed by atoms with E-state index in [0.717, 1.165) is 36.8 Å². The average Bonchev–Trinajstić information content (AvgIpc) is 3.28. The molecule has 142 valence electrons. The number of ether oxygens (including phenoxy) is 1. The highest BCUT2D eigenvalue weighted by Crippen LogP contribution is 2.35. The van der Waals surface area contributed by atoms with Crippen molar-refractivity contribution < 1.29 is 19.1 Å². The lowest BCUT2D eigenvalue weighted by Crippen LogP contribution is -2.51. The molecule has 1 atom stereocenters. The van der Waals surface area contributed by atoms with Gasteiger partial charge in [-0.3, -0.25) is 9.69 Å². The minimum Gasteiger partial charge on any atom is -0.456 e. The molecule has 0 unspecified atom stereocenters. The molecule has 7 nitrogen and oxygen atoms in total. The molecular formula is C20H23N3O4. The van der Waals surface area contributed by atoms with E-state index in [-0.39, 0.29) is 31.1 Å². The third-order valence-corrected chi connectivity index (χ3v) is 5.43. The number of hydrogen-bond acceptors (Lipinski definition) is 4. The topological polar surface area (TPSA) is 87.7 Å². The zero-order valence-corrected chi connectivity index (χ0v) is 15.3. The van der Waals surface area contributed by atoms with Crippen molar-refractivity contribution in [1.82, 2.24) is 15.5 Å². The van der Waals surface area contributed by atoms with E-state index in [1.54, 1.807) is 0 Å². The quantitative estimate of drug-likeness (QED) is 0.794. The van der Waals surface area contributed by atoms with Crippen molar-refractivity contribution in [3.05, 3.63) is 46.7 Å². The van der Waals surface area contributed by atoms with Crippen molar-refractivity contribution in [3.8, 4) is 0 Å². The number of nitrogens with zero attached hydrogens (tertiary/aromatic N) is 1. The van der Waals surface area contributed by atoms with Crippen LogP contribution in [0.25, 0.3) is 0 Å². The normalized spacial score (nSPS) is 22.6. The molecule has 2 N–H and O–H groups in total. The molecular weight excluding hydrogens is 346 g/mol. The van der Waals surface area contributed by atoms with Gasteiger partial charge in [0.25, 0.3) is 0 Å². The first-order valence-electron chi connectivity index (χ1n) is 9.37. The summed E-state index contributed by atoms with van der Waals surface area (Å²) < 4.78 is 5.19. The minimum absolute atomic E-state index is 0.0145. The van der Waals surface area contributed by atoms with E-state index in [4.69, 9.17) is 4.74 Å². The van der Waals surface area contributed by atoms with E-state index < -0.39 is 12.0 Å². The summed E-state index contributed by atoms with van der Waals surface area (Å²) in [6.07, 6.45) is 4.18. The van der Waals surface area contributed by atoms with Gasteiger partial charge in [-0.2, -0.15) is 0 Å². The molecule has 7 heteroatoms. The van der Waals surface area contributed by atoms with Gasteiger partial charge in [-0.1, -0.05) is 42.7 Å². The smallest absolute Gasteiger partial charge is 0.338 e. The molecule has 0 bridgehead atoms. The summed E-state index contributed by atoms with van der Waals surface area (Å²) in [6.45, 7) is 1.88. The molecule has 3 amide bonds. The summed E-state index contributed by atoms with van der Waals surface area (Å²) in [6, 6.07) is 6.88. The fourth-order valence-corrected chi connectivity index (χ4v) is 3.97. The van der Waals surface area contributed by atoms with Gasteiger partial charge in [0, 0.05) is 6.04 Å². The lowest BCUT2D eigenvalue weighted by Gasteiger charge is -2.32. The second-order valence-electron chi connectivity index (χ2n) is 7.36. The van der Waals surface area contributed by atoms with E-state index in [2.05, 4.69) is 10.6 Å². The van der Waals surface area contributed by atoms with Gasteiger partial charge in [0.2, 0.25) is 5.91 Å². The van der Waals surface area contributed by atoms with E-state index in [9.17, 15) is 14.4 Å². The van der Waals surface area contributed by atoms with Crippen LogP contribution in [0.2, 0.25) is 0 Å². The van der Waals surface area contributed by atoms with Gasteiger partial charge < -0.3 is 15.4 Å². The van der Waals surface area contributed by atoms with Gasteiger partial charge in [-0.05, 0) is 25.3 Å². The van der Waals surface area contributed by atoms with Crippen LogP contribution in [-0.4, -0.2) is 42.0 Å². The second-order valence-corrected chi connectivity index (χ2v) is 7.36. The number of hydrogen-bond donors (Lipinski definition) is 2. The van der Waals surface area contributed by atoms with Gasteiger partial charge >= 0.3 is 12.0 Å². The number of carbonyl (C=O) groups is 3. The third kappa shape index (κ3) is 3.41. The van der Waals surface area contributed by atoms with Crippen LogP contribution in [0.3, 0.4) is 0 Å².